The molecule has 0 radical (unpaired) electrons. The van der Waals surface area contributed by atoms with Crippen molar-refractivity contribution in [2.45, 2.75) is 32.2 Å². The fraction of sp³-hybridized carbons (Fsp3) is 0.417. The van der Waals surface area contributed by atoms with Crippen LogP contribution < -0.4 is 5.32 Å². The average Bonchev–Trinajstić information content (AvgIpc) is 2.32. The zero-order valence-corrected chi connectivity index (χ0v) is 12.3. The molecule has 0 amide bonds. The number of halogens is 2. The smallest absolute Gasteiger partial charge is 0.303 e. The van der Waals surface area contributed by atoms with Crippen molar-refractivity contribution in [1.29, 1.82) is 0 Å². The fourth-order valence-corrected chi connectivity index (χ4v) is 2.03. The molecule has 0 aromatic heterocycles. The Bertz CT molecular complexity index is 524. The van der Waals surface area contributed by atoms with Gasteiger partial charge in [-0.15, -0.1) is 0 Å². The molecule has 0 spiro atoms. The van der Waals surface area contributed by atoms with Crippen molar-refractivity contribution in [3.63, 3.8) is 0 Å². The van der Waals surface area contributed by atoms with E-state index in [9.17, 15) is 19.3 Å². The predicted molar refractivity (Wildman–Crippen MR) is 75.3 cm³/mol. The highest BCUT2D eigenvalue weighted by Crippen LogP contribution is 2.31. The van der Waals surface area contributed by atoms with Gasteiger partial charge in [-0.3, -0.25) is 14.9 Å². The molecule has 0 bridgehead atoms. The van der Waals surface area contributed by atoms with Crippen LogP contribution in [-0.4, -0.2) is 22.0 Å². The number of carbonyl (C=O) groups is 1. The summed E-state index contributed by atoms with van der Waals surface area (Å²) in [7, 11) is 0. The van der Waals surface area contributed by atoms with Gasteiger partial charge >= 0.3 is 5.97 Å². The van der Waals surface area contributed by atoms with E-state index in [1.165, 1.54) is 0 Å². The maximum Gasteiger partial charge on any atom is 0.303 e. The van der Waals surface area contributed by atoms with Crippen molar-refractivity contribution in [2.24, 2.45) is 0 Å². The van der Waals surface area contributed by atoms with Crippen LogP contribution in [0.25, 0.3) is 0 Å². The molecule has 0 aliphatic carbocycles. The van der Waals surface area contributed by atoms with Crippen LogP contribution >= 0.6 is 15.9 Å². The highest BCUT2D eigenvalue weighted by Gasteiger charge is 2.18. The van der Waals surface area contributed by atoms with Crippen molar-refractivity contribution in [1.82, 2.24) is 0 Å². The second-order valence-electron chi connectivity index (χ2n) is 4.37. The molecule has 6 nitrogen and oxygen atoms in total. The molecule has 1 aromatic carbocycles. The third-order valence-electron chi connectivity index (χ3n) is 2.66. The van der Waals surface area contributed by atoms with E-state index in [0.717, 1.165) is 12.1 Å². The van der Waals surface area contributed by atoms with Crippen molar-refractivity contribution >= 4 is 33.3 Å². The number of rotatable bonds is 7. The first-order valence-electron chi connectivity index (χ1n) is 5.93. The Hall–Kier alpha value is -1.70. The van der Waals surface area contributed by atoms with Crippen molar-refractivity contribution < 1.29 is 19.2 Å². The first kappa shape index (κ1) is 16.4. The molecule has 0 fully saturated rings. The van der Waals surface area contributed by atoms with Crippen molar-refractivity contribution in [3.8, 4) is 0 Å². The van der Waals surface area contributed by atoms with Crippen LogP contribution in [-0.2, 0) is 4.79 Å². The van der Waals surface area contributed by atoms with Gasteiger partial charge in [0.15, 0.2) is 0 Å². The number of aliphatic carboxylic acids is 1. The predicted octanol–water partition coefficient (Wildman–Crippen LogP) is 3.55. The molecule has 20 heavy (non-hydrogen) atoms. The quantitative estimate of drug-likeness (QED) is 0.580. The van der Waals surface area contributed by atoms with Gasteiger partial charge in [0.2, 0.25) is 0 Å². The topological polar surface area (TPSA) is 92.5 Å². The lowest BCUT2D eigenvalue weighted by Gasteiger charge is -2.15. The second-order valence-corrected chi connectivity index (χ2v) is 5.23. The molecule has 0 saturated carbocycles. The Balaban J connectivity index is 2.78. The molecule has 1 atom stereocenters. The third-order valence-corrected chi connectivity index (χ3v) is 3.27. The lowest BCUT2D eigenvalue weighted by Crippen LogP contribution is -2.16. The molecule has 2 N–H and O–H groups in total. The number of carboxylic acid groups (broad SMARTS) is 1. The van der Waals surface area contributed by atoms with Crippen LogP contribution in [0.2, 0.25) is 0 Å². The third kappa shape index (κ3) is 4.76. The minimum atomic E-state index is -0.891. The number of carboxylic acids is 1. The molecule has 8 heteroatoms. The molecule has 0 aliphatic heterocycles. The second kappa shape index (κ2) is 7.18. The van der Waals surface area contributed by atoms with E-state index in [-0.39, 0.29) is 28.3 Å². The molecule has 1 aromatic rings. The average molecular weight is 349 g/mol. The molecule has 1 rings (SSSR count). The highest BCUT2D eigenvalue weighted by atomic mass is 79.9. The zero-order chi connectivity index (χ0) is 15.3. The minimum Gasteiger partial charge on any atom is -0.481 e. The number of nitro groups is 1. The van der Waals surface area contributed by atoms with Gasteiger partial charge in [-0.2, -0.15) is 0 Å². The fourth-order valence-electron chi connectivity index (χ4n) is 1.70. The van der Waals surface area contributed by atoms with E-state index in [1.807, 2.05) is 0 Å². The first-order chi connectivity index (χ1) is 9.31. The number of nitrogens with zero attached hydrogens (tertiary/aromatic N) is 1. The molecule has 1 unspecified atom stereocenters. The van der Waals surface area contributed by atoms with Crippen molar-refractivity contribution in [2.75, 3.05) is 5.32 Å². The summed E-state index contributed by atoms with van der Waals surface area (Å²) in [5.74, 6) is -1.49. The van der Waals surface area contributed by atoms with Crippen LogP contribution in [0.4, 0.5) is 15.8 Å². The first-order valence-corrected chi connectivity index (χ1v) is 6.72. The number of hydrogen-bond donors (Lipinski definition) is 2. The van der Waals surface area contributed by atoms with E-state index in [0.29, 0.717) is 12.8 Å². The largest absolute Gasteiger partial charge is 0.481 e. The van der Waals surface area contributed by atoms with Crippen LogP contribution in [0.15, 0.2) is 16.6 Å². The zero-order valence-electron chi connectivity index (χ0n) is 10.7. The number of nitro benzene ring substituents is 1. The Kier molecular flexibility index (Phi) is 5.87. The highest BCUT2D eigenvalue weighted by molar-refractivity contribution is 9.10. The Labute approximate surface area is 123 Å². The lowest BCUT2D eigenvalue weighted by atomic mass is 10.1. The molecule has 0 aliphatic rings. The number of anilines is 1. The molecule has 0 saturated heterocycles. The summed E-state index contributed by atoms with van der Waals surface area (Å²) in [6.45, 7) is 1.76. The molecule has 110 valence electrons. The minimum absolute atomic E-state index is 0.0216. The molecule has 0 heterocycles. The van der Waals surface area contributed by atoms with Gasteiger partial charge in [-0.1, -0.05) is 0 Å². The normalized spacial score (nSPS) is 11.9. The molecular formula is C12H14BrFN2O4. The van der Waals surface area contributed by atoms with E-state index in [1.54, 1.807) is 6.92 Å². The van der Waals surface area contributed by atoms with E-state index in [4.69, 9.17) is 5.11 Å². The number of benzene rings is 1. The summed E-state index contributed by atoms with van der Waals surface area (Å²) in [5, 5.41) is 22.3. The van der Waals surface area contributed by atoms with Crippen LogP contribution in [0.1, 0.15) is 26.2 Å². The van der Waals surface area contributed by atoms with E-state index in [2.05, 4.69) is 21.2 Å². The standard InChI is InChI=1S/C12H14BrFN2O4/c1-7(3-2-4-12(17)18)15-10-6-9(14)8(13)5-11(10)16(19)20/h5-7,15H,2-4H2,1H3,(H,17,18). The SMILES string of the molecule is CC(CCCC(=O)O)Nc1cc(F)c(Br)cc1[N+](=O)[O-]. The van der Waals surface area contributed by atoms with Gasteiger partial charge in [-0.05, 0) is 35.7 Å². The Morgan fingerprint density at radius 3 is 2.80 bits per heavy atom. The maximum atomic E-state index is 13.4. The molecular weight excluding hydrogens is 335 g/mol. The van der Waals surface area contributed by atoms with Gasteiger partial charge in [0, 0.05) is 24.6 Å². The number of nitrogens with one attached hydrogen (secondary N) is 1. The van der Waals surface area contributed by atoms with E-state index < -0.39 is 16.7 Å². The summed E-state index contributed by atoms with van der Waals surface area (Å²) in [6, 6.07) is 1.95. The Morgan fingerprint density at radius 1 is 1.60 bits per heavy atom. The number of hydrogen-bond acceptors (Lipinski definition) is 4. The van der Waals surface area contributed by atoms with Gasteiger partial charge in [0.25, 0.3) is 5.69 Å². The van der Waals surface area contributed by atoms with Gasteiger partial charge in [0.05, 0.1) is 9.40 Å². The monoisotopic (exact) mass is 348 g/mol. The van der Waals surface area contributed by atoms with Crippen LogP contribution in [0, 0.1) is 15.9 Å². The summed E-state index contributed by atoms with van der Waals surface area (Å²) in [6.07, 6.45) is 0.986. The van der Waals surface area contributed by atoms with E-state index >= 15 is 0 Å². The maximum absolute atomic E-state index is 13.4. The summed E-state index contributed by atoms with van der Waals surface area (Å²) < 4.78 is 13.5. The van der Waals surface area contributed by atoms with Gasteiger partial charge in [0.1, 0.15) is 11.5 Å². The summed E-state index contributed by atoms with van der Waals surface area (Å²) in [5.41, 5.74) is -0.151. The van der Waals surface area contributed by atoms with Gasteiger partial charge in [-0.25, -0.2) is 4.39 Å². The lowest BCUT2D eigenvalue weighted by molar-refractivity contribution is -0.384. The summed E-state index contributed by atoms with van der Waals surface area (Å²) >= 11 is 2.90. The van der Waals surface area contributed by atoms with Crippen LogP contribution in [0.3, 0.4) is 0 Å². The van der Waals surface area contributed by atoms with Gasteiger partial charge < -0.3 is 10.4 Å². The Morgan fingerprint density at radius 2 is 2.25 bits per heavy atom. The van der Waals surface area contributed by atoms with Crippen molar-refractivity contribution in [3.05, 3.63) is 32.5 Å². The van der Waals surface area contributed by atoms with Crippen LogP contribution in [0.5, 0.6) is 0 Å². The summed E-state index contributed by atoms with van der Waals surface area (Å²) in [4.78, 5) is 20.7.